The van der Waals surface area contributed by atoms with Gasteiger partial charge in [-0.25, -0.2) is 0 Å². The summed E-state index contributed by atoms with van der Waals surface area (Å²) in [6.45, 7) is 3.15. The minimum Gasteiger partial charge on any atom is -0.330 e. The van der Waals surface area contributed by atoms with Gasteiger partial charge in [0.15, 0.2) is 0 Å². The standard InChI is InChI=1S/C19H39N/c1-2-3-4-5-6-7-8-9-10-11-12-13-14-15-16-17-18-19-20/h10-11H,2-9,12-20H2,1H3. The molecule has 2 N–H and O–H groups in total. The van der Waals surface area contributed by atoms with E-state index in [1.54, 1.807) is 0 Å². The molecule has 1 heteroatoms. The average Bonchev–Trinajstić information content (AvgIpc) is 2.47. The maximum Gasteiger partial charge on any atom is -0.00773 e. The molecule has 0 heterocycles. The molecule has 0 aliphatic rings. The summed E-state index contributed by atoms with van der Waals surface area (Å²) in [4.78, 5) is 0. The van der Waals surface area contributed by atoms with Crippen LogP contribution in [-0.2, 0) is 0 Å². The monoisotopic (exact) mass is 281 g/mol. The van der Waals surface area contributed by atoms with Gasteiger partial charge < -0.3 is 5.73 Å². The summed E-state index contributed by atoms with van der Waals surface area (Å²) < 4.78 is 0. The second-order valence-electron chi connectivity index (χ2n) is 6.08. The number of hydrogen-bond acceptors (Lipinski definition) is 1. The predicted octanol–water partition coefficient (Wildman–Crippen LogP) is 6.37. The van der Waals surface area contributed by atoms with Crippen molar-refractivity contribution in [1.29, 1.82) is 0 Å². The van der Waals surface area contributed by atoms with Crippen LogP contribution in [0, 0.1) is 0 Å². The Morgan fingerprint density at radius 2 is 0.950 bits per heavy atom. The van der Waals surface area contributed by atoms with Crippen molar-refractivity contribution in [1.82, 2.24) is 0 Å². The SMILES string of the molecule is CCCCCCCCCC=CCCCCCCCCN. The van der Waals surface area contributed by atoms with Crippen molar-refractivity contribution in [2.75, 3.05) is 6.54 Å². The highest BCUT2D eigenvalue weighted by molar-refractivity contribution is 4.81. The Hall–Kier alpha value is -0.300. The van der Waals surface area contributed by atoms with Gasteiger partial charge in [0.1, 0.15) is 0 Å². The molecule has 0 spiro atoms. The molecule has 0 amide bonds. The highest BCUT2D eigenvalue weighted by Gasteiger charge is 1.90. The van der Waals surface area contributed by atoms with Crippen LogP contribution in [-0.4, -0.2) is 6.54 Å². The summed E-state index contributed by atoms with van der Waals surface area (Å²) >= 11 is 0. The van der Waals surface area contributed by atoms with Crippen molar-refractivity contribution >= 4 is 0 Å². The van der Waals surface area contributed by atoms with Gasteiger partial charge in [0.25, 0.3) is 0 Å². The van der Waals surface area contributed by atoms with Crippen LogP contribution >= 0.6 is 0 Å². The van der Waals surface area contributed by atoms with E-state index in [4.69, 9.17) is 5.73 Å². The first-order valence-corrected chi connectivity index (χ1v) is 9.27. The first-order chi connectivity index (χ1) is 9.91. The van der Waals surface area contributed by atoms with Gasteiger partial charge >= 0.3 is 0 Å². The maximum atomic E-state index is 5.48. The smallest absolute Gasteiger partial charge is 0.00773 e. The Morgan fingerprint density at radius 3 is 1.40 bits per heavy atom. The van der Waals surface area contributed by atoms with Crippen LogP contribution in [0.15, 0.2) is 12.2 Å². The van der Waals surface area contributed by atoms with E-state index in [1.165, 1.54) is 96.3 Å². The molecule has 0 aliphatic carbocycles. The minimum absolute atomic E-state index is 0.862. The van der Waals surface area contributed by atoms with E-state index in [9.17, 15) is 0 Å². The molecule has 120 valence electrons. The minimum atomic E-state index is 0.862. The van der Waals surface area contributed by atoms with E-state index in [0.29, 0.717) is 0 Å². The van der Waals surface area contributed by atoms with E-state index in [0.717, 1.165) is 6.54 Å². The van der Waals surface area contributed by atoms with Crippen molar-refractivity contribution in [3.63, 3.8) is 0 Å². The maximum absolute atomic E-state index is 5.48. The third-order valence-electron chi connectivity index (χ3n) is 3.97. The first-order valence-electron chi connectivity index (χ1n) is 9.27. The molecule has 0 fully saturated rings. The zero-order valence-electron chi connectivity index (χ0n) is 14.0. The van der Waals surface area contributed by atoms with Gasteiger partial charge in [-0.1, -0.05) is 83.3 Å². The molecule has 0 aromatic rings. The zero-order valence-corrected chi connectivity index (χ0v) is 14.0. The van der Waals surface area contributed by atoms with Crippen molar-refractivity contribution in [2.24, 2.45) is 5.73 Å². The summed E-state index contributed by atoms with van der Waals surface area (Å²) in [6.07, 6.45) is 25.4. The van der Waals surface area contributed by atoms with Gasteiger partial charge in [-0.3, -0.25) is 0 Å². The summed E-state index contributed by atoms with van der Waals surface area (Å²) in [5.74, 6) is 0. The summed E-state index contributed by atoms with van der Waals surface area (Å²) in [5, 5.41) is 0. The van der Waals surface area contributed by atoms with Crippen molar-refractivity contribution < 1.29 is 0 Å². The van der Waals surface area contributed by atoms with Gasteiger partial charge in [-0.2, -0.15) is 0 Å². The van der Waals surface area contributed by atoms with Crippen LogP contribution in [0.4, 0.5) is 0 Å². The molecule has 0 saturated heterocycles. The van der Waals surface area contributed by atoms with Crippen molar-refractivity contribution in [3.05, 3.63) is 12.2 Å². The highest BCUT2D eigenvalue weighted by atomic mass is 14.5. The van der Waals surface area contributed by atoms with Crippen LogP contribution in [0.2, 0.25) is 0 Å². The van der Waals surface area contributed by atoms with Crippen LogP contribution in [0.3, 0.4) is 0 Å². The molecule has 1 nitrogen and oxygen atoms in total. The van der Waals surface area contributed by atoms with E-state index in [1.807, 2.05) is 0 Å². The average molecular weight is 282 g/mol. The molecule has 0 bridgehead atoms. The Balaban J connectivity index is 3.01. The number of hydrogen-bond donors (Lipinski definition) is 1. The van der Waals surface area contributed by atoms with Crippen molar-refractivity contribution in [3.8, 4) is 0 Å². The Morgan fingerprint density at radius 1 is 0.550 bits per heavy atom. The lowest BCUT2D eigenvalue weighted by Crippen LogP contribution is -1.97. The van der Waals surface area contributed by atoms with Crippen LogP contribution in [0.1, 0.15) is 103 Å². The van der Waals surface area contributed by atoms with E-state index in [2.05, 4.69) is 19.1 Å². The Bertz CT molecular complexity index is 166. The molecule has 0 aromatic heterocycles. The van der Waals surface area contributed by atoms with Gasteiger partial charge in [0.05, 0.1) is 0 Å². The topological polar surface area (TPSA) is 26.0 Å². The molecule has 0 aliphatic heterocycles. The first kappa shape index (κ1) is 19.7. The molecule has 0 radical (unpaired) electrons. The second kappa shape index (κ2) is 18.7. The van der Waals surface area contributed by atoms with Crippen LogP contribution in [0.5, 0.6) is 0 Å². The van der Waals surface area contributed by atoms with E-state index in [-0.39, 0.29) is 0 Å². The van der Waals surface area contributed by atoms with Crippen LogP contribution in [0.25, 0.3) is 0 Å². The zero-order chi connectivity index (χ0) is 14.7. The van der Waals surface area contributed by atoms with Gasteiger partial charge in [0, 0.05) is 0 Å². The summed E-state index contributed by atoms with van der Waals surface area (Å²) in [6, 6.07) is 0. The molecule has 0 aromatic carbocycles. The lowest BCUT2D eigenvalue weighted by atomic mass is 10.1. The van der Waals surface area contributed by atoms with Gasteiger partial charge in [0.2, 0.25) is 0 Å². The van der Waals surface area contributed by atoms with E-state index >= 15 is 0 Å². The molecule has 0 saturated carbocycles. The molecule has 0 rings (SSSR count). The number of allylic oxidation sites excluding steroid dienone is 2. The third kappa shape index (κ3) is 17.7. The molecular formula is C19H39N. The Kier molecular flexibility index (Phi) is 18.4. The molecular weight excluding hydrogens is 242 g/mol. The summed E-state index contributed by atoms with van der Waals surface area (Å²) in [7, 11) is 0. The van der Waals surface area contributed by atoms with E-state index < -0.39 is 0 Å². The third-order valence-corrected chi connectivity index (χ3v) is 3.97. The normalized spacial score (nSPS) is 11.5. The molecule has 0 unspecified atom stereocenters. The highest BCUT2D eigenvalue weighted by Crippen LogP contribution is 2.10. The molecule has 0 atom stereocenters. The second-order valence-corrected chi connectivity index (χ2v) is 6.08. The lowest BCUT2D eigenvalue weighted by Gasteiger charge is -2.00. The Labute approximate surface area is 128 Å². The predicted molar refractivity (Wildman–Crippen MR) is 93.1 cm³/mol. The largest absolute Gasteiger partial charge is 0.330 e. The fourth-order valence-corrected chi connectivity index (χ4v) is 2.57. The lowest BCUT2D eigenvalue weighted by molar-refractivity contribution is 0.590. The van der Waals surface area contributed by atoms with Crippen molar-refractivity contribution in [2.45, 2.75) is 103 Å². The number of unbranched alkanes of at least 4 members (excludes halogenated alkanes) is 13. The van der Waals surface area contributed by atoms with Gasteiger partial charge in [-0.15, -0.1) is 0 Å². The fourth-order valence-electron chi connectivity index (χ4n) is 2.57. The number of rotatable bonds is 16. The van der Waals surface area contributed by atoms with Crippen LogP contribution < -0.4 is 5.73 Å². The summed E-state index contributed by atoms with van der Waals surface area (Å²) in [5.41, 5.74) is 5.48. The van der Waals surface area contributed by atoms with Gasteiger partial charge in [-0.05, 0) is 38.6 Å². The number of nitrogens with two attached hydrogens (primary N) is 1. The quantitative estimate of drug-likeness (QED) is 0.258. The molecule has 20 heavy (non-hydrogen) atoms. The fraction of sp³-hybridized carbons (Fsp3) is 0.895.